The van der Waals surface area contributed by atoms with Crippen molar-refractivity contribution in [3.05, 3.63) is 54.1 Å². The average molecular weight is 391 g/mol. The number of tetrazole rings is 1. The Kier molecular flexibility index (Phi) is 5.97. The summed E-state index contributed by atoms with van der Waals surface area (Å²) in [6.45, 7) is -0.906. The standard InChI is InChI=1S/C17H15F2N5O2S/c1-11-2-6-13(7-3-11)24-17(21-22-23-24)27-10-15(25)20-12-4-8-14(9-5-12)26-16(18)19/h2-9,16H,10H2,1H3,(H,20,25). The van der Waals surface area contributed by atoms with E-state index in [0.29, 0.717) is 10.8 Å². The van der Waals surface area contributed by atoms with Crippen molar-refractivity contribution in [1.29, 1.82) is 0 Å². The lowest BCUT2D eigenvalue weighted by atomic mass is 10.2. The van der Waals surface area contributed by atoms with Crippen molar-refractivity contribution >= 4 is 23.4 Å². The van der Waals surface area contributed by atoms with Crippen LogP contribution in [0.3, 0.4) is 0 Å². The lowest BCUT2D eigenvalue weighted by molar-refractivity contribution is -0.113. The van der Waals surface area contributed by atoms with Crippen molar-refractivity contribution in [2.45, 2.75) is 18.7 Å². The van der Waals surface area contributed by atoms with Gasteiger partial charge in [0, 0.05) is 5.69 Å². The normalized spacial score (nSPS) is 10.8. The van der Waals surface area contributed by atoms with Gasteiger partial charge in [0.05, 0.1) is 11.4 Å². The second-order valence-corrected chi connectivity index (χ2v) is 6.39. The molecule has 0 aliphatic rings. The molecule has 3 aromatic rings. The molecule has 1 heterocycles. The predicted octanol–water partition coefficient (Wildman–Crippen LogP) is 3.30. The van der Waals surface area contributed by atoms with Crippen molar-refractivity contribution in [3.63, 3.8) is 0 Å². The number of thioether (sulfide) groups is 1. The number of benzene rings is 2. The van der Waals surface area contributed by atoms with Gasteiger partial charge in [-0.3, -0.25) is 4.79 Å². The van der Waals surface area contributed by atoms with Gasteiger partial charge in [-0.25, -0.2) is 0 Å². The van der Waals surface area contributed by atoms with E-state index >= 15 is 0 Å². The zero-order valence-electron chi connectivity index (χ0n) is 14.2. The summed E-state index contributed by atoms with van der Waals surface area (Å²) in [6.07, 6.45) is 0. The van der Waals surface area contributed by atoms with Crippen LogP contribution in [0.5, 0.6) is 5.75 Å². The minimum atomic E-state index is -2.89. The van der Waals surface area contributed by atoms with Gasteiger partial charge < -0.3 is 10.1 Å². The first kappa shape index (κ1) is 18.8. The molecule has 10 heteroatoms. The van der Waals surface area contributed by atoms with Gasteiger partial charge >= 0.3 is 6.61 Å². The zero-order valence-corrected chi connectivity index (χ0v) is 15.0. The summed E-state index contributed by atoms with van der Waals surface area (Å²) in [7, 11) is 0. The van der Waals surface area contributed by atoms with Gasteiger partial charge in [0.2, 0.25) is 11.1 Å². The average Bonchev–Trinajstić information content (AvgIpc) is 3.10. The second-order valence-electron chi connectivity index (χ2n) is 5.45. The highest BCUT2D eigenvalue weighted by Gasteiger charge is 2.12. The highest BCUT2D eigenvalue weighted by Crippen LogP contribution is 2.20. The smallest absolute Gasteiger partial charge is 0.387 e. The number of carbonyl (C=O) groups excluding carboxylic acids is 1. The fourth-order valence-electron chi connectivity index (χ4n) is 2.16. The van der Waals surface area contributed by atoms with E-state index in [1.54, 1.807) is 4.68 Å². The molecule has 0 aliphatic carbocycles. The molecule has 1 amide bonds. The maximum absolute atomic E-state index is 12.1. The molecule has 27 heavy (non-hydrogen) atoms. The highest BCUT2D eigenvalue weighted by atomic mass is 32.2. The van der Waals surface area contributed by atoms with Gasteiger partial charge in [-0.15, -0.1) is 5.10 Å². The summed E-state index contributed by atoms with van der Waals surface area (Å²) in [6, 6.07) is 13.3. The molecule has 0 spiro atoms. The summed E-state index contributed by atoms with van der Waals surface area (Å²) >= 11 is 1.18. The predicted molar refractivity (Wildman–Crippen MR) is 96.3 cm³/mol. The lowest BCUT2D eigenvalue weighted by Gasteiger charge is -2.08. The number of hydrogen-bond donors (Lipinski definition) is 1. The van der Waals surface area contributed by atoms with Crippen molar-refractivity contribution in [2.24, 2.45) is 0 Å². The Morgan fingerprint density at radius 2 is 1.89 bits per heavy atom. The van der Waals surface area contributed by atoms with Crippen LogP contribution in [0.4, 0.5) is 14.5 Å². The largest absolute Gasteiger partial charge is 0.435 e. The highest BCUT2D eigenvalue weighted by molar-refractivity contribution is 7.99. The minimum absolute atomic E-state index is 0.0228. The molecule has 0 bridgehead atoms. The number of hydrogen-bond acceptors (Lipinski definition) is 6. The number of rotatable bonds is 7. The Bertz CT molecular complexity index is 900. The molecule has 0 unspecified atom stereocenters. The topological polar surface area (TPSA) is 81.9 Å². The molecule has 1 N–H and O–H groups in total. The Morgan fingerprint density at radius 3 is 2.56 bits per heavy atom. The van der Waals surface area contributed by atoms with Crippen molar-refractivity contribution in [1.82, 2.24) is 20.2 Å². The summed E-state index contributed by atoms with van der Waals surface area (Å²) in [4.78, 5) is 12.1. The summed E-state index contributed by atoms with van der Waals surface area (Å²) in [5.41, 5.74) is 2.38. The molecule has 7 nitrogen and oxygen atoms in total. The van der Waals surface area contributed by atoms with E-state index in [1.165, 1.54) is 36.0 Å². The van der Waals surface area contributed by atoms with Crippen LogP contribution in [0.2, 0.25) is 0 Å². The Hall–Kier alpha value is -3.01. The first-order chi connectivity index (χ1) is 13.0. The molecule has 0 aliphatic heterocycles. The van der Waals surface area contributed by atoms with Crippen LogP contribution in [-0.2, 0) is 4.79 Å². The van der Waals surface area contributed by atoms with E-state index in [-0.39, 0.29) is 17.4 Å². The molecule has 0 fully saturated rings. The number of halogens is 2. The number of aryl methyl sites for hydroxylation is 1. The van der Waals surface area contributed by atoms with Crippen LogP contribution < -0.4 is 10.1 Å². The monoisotopic (exact) mass is 391 g/mol. The number of nitrogens with one attached hydrogen (secondary N) is 1. The van der Waals surface area contributed by atoms with Crippen molar-refractivity contribution in [2.75, 3.05) is 11.1 Å². The molecule has 0 saturated heterocycles. The van der Waals surface area contributed by atoms with Crippen LogP contribution in [-0.4, -0.2) is 38.5 Å². The van der Waals surface area contributed by atoms with Crippen LogP contribution >= 0.6 is 11.8 Å². The van der Waals surface area contributed by atoms with E-state index in [2.05, 4.69) is 25.6 Å². The number of alkyl halides is 2. The van der Waals surface area contributed by atoms with Crippen molar-refractivity contribution in [3.8, 4) is 11.4 Å². The maximum Gasteiger partial charge on any atom is 0.387 e. The maximum atomic E-state index is 12.1. The first-order valence-electron chi connectivity index (χ1n) is 7.84. The van der Waals surface area contributed by atoms with Crippen LogP contribution in [0.25, 0.3) is 5.69 Å². The van der Waals surface area contributed by atoms with Crippen LogP contribution in [0.15, 0.2) is 53.7 Å². The van der Waals surface area contributed by atoms with Crippen molar-refractivity contribution < 1.29 is 18.3 Å². The van der Waals surface area contributed by atoms with Gasteiger partial charge in [0.15, 0.2) is 0 Å². The van der Waals surface area contributed by atoms with Gasteiger partial charge in [0.1, 0.15) is 5.75 Å². The molecule has 3 rings (SSSR count). The van der Waals surface area contributed by atoms with Gasteiger partial charge in [-0.2, -0.15) is 13.5 Å². The Morgan fingerprint density at radius 1 is 1.19 bits per heavy atom. The van der Waals surface area contributed by atoms with Gasteiger partial charge in [0.25, 0.3) is 0 Å². The number of nitrogens with zero attached hydrogens (tertiary/aromatic N) is 4. The third-order valence-corrected chi connectivity index (χ3v) is 4.33. The summed E-state index contributed by atoms with van der Waals surface area (Å²) < 4.78 is 30.1. The van der Waals surface area contributed by atoms with E-state index in [9.17, 15) is 13.6 Å². The number of anilines is 1. The quantitative estimate of drug-likeness (QED) is 0.623. The molecule has 0 radical (unpaired) electrons. The van der Waals surface area contributed by atoms with Gasteiger partial charge in [-0.1, -0.05) is 29.5 Å². The number of amides is 1. The first-order valence-corrected chi connectivity index (χ1v) is 8.83. The van der Waals surface area contributed by atoms with E-state index in [1.807, 2.05) is 31.2 Å². The van der Waals surface area contributed by atoms with Gasteiger partial charge in [-0.05, 0) is 53.7 Å². The number of aromatic nitrogens is 4. The zero-order chi connectivity index (χ0) is 19.2. The van der Waals surface area contributed by atoms with Crippen LogP contribution in [0, 0.1) is 6.92 Å². The molecule has 2 aromatic carbocycles. The third kappa shape index (κ3) is 5.23. The number of carbonyl (C=O) groups is 1. The lowest BCUT2D eigenvalue weighted by Crippen LogP contribution is -2.14. The Balaban J connectivity index is 1.57. The molecular formula is C17H15F2N5O2S. The summed E-state index contributed by atoms with van der Waals surface area (Å²) in [5, 5.41) is 14.7. The molecule has 1 aromatic heterocycles. The van der Waals surface area contributed by atoms with E-state index < -0.39 is 6.61 Å². The van der Waals surface area contributed by atoms with E-state index in [0.717, 1.165) is 11.3 Å². The molecular weight excluding hydrogens is 376 g/mol. The molecule has 0 atom stereocenters. The fourth-order valence-corrected chi connectivity index (χ4v) is 2.85. The second kappa shape index (κ2) is 8.58. The third-order valence-electron chi connectivity index (χ3n) is 3.42. The SMILES string of the molecule is Cc1ccc(-n2nnnc2SCC(=O)Nc2ccc(OC(F)F)cc2)cc1. The minimum Gasteiger partial charge on any atom is -0.435 e. The fraction of sp³-hybridized carbons (Fsp3) is 0.176. The molecule has 140 valence electrons. The van der Waals surface area contributed by atoms with E-state index in [4.69, 9.17) is 0 Å². The Labute approximate surface area is 157 Å². The van der Waals surface area contributed by atoms with Crippen LogP contribution in [0.1, 0.15) is 5.56 Å². The molecule has 0 saturated carbocycles. The summed E-state index contributed by atoms with van der Waals surface area (Å²) in [5.74, 6) is -0.169. The number of ether oxygens (including phenoxy) is 1.